The Bertz CT molecular complexity index is 457. The molecular formula is C14H20N2O3. The highest BCUT2D eigenvalue weighted by molar-refractivity contribution is 5.87. The molecule has 1 heterocycles. The van der Waals surface area contributed by atoms with Crippen LogP contribution in [0.3, 0.4) is 0 Å². The van der Waals surface area contributed by atoms with Gasteiger partial charge in [0.15, 0.2) is 5.69 Å². The number of aromatic nitrogens is 2. The molecule has 3 atom stereocenters. The Balaban J connectivity index is 1.56. The molecule has 1 aromatic heterocycles. The van der Waals surface area contributed by atoms with Gasteiger partial charge in [-0.3, -0.25) is 4.68 Å². The Hall–Kier alpha value is -1.36. The summed E-state index contributed by atoms with van der Waals surface area (Å²) in [6.07, 6.45) is 6.71. The average Bonchev–Trinajstić information content (AvgIpc) is 3.12. The van der Waals surface area contributed by atoms with Gasteiger partial charge in [0.1, 0.15) is 6.10 Å². The van der Waals surface area contributed by atoms with Gasteiger partial charge in [0.25, 0.3) is 0 Å². The number of fused-ring (bicyclic) bond motifs is 2. The Labute approximate surface area is 112 Å². The van der Waals surface area contributed by atoms with Crippen molar-refractivity contribution in [3.63, 3.8) is 0 Å². The van der Waals surface area contributed by atoms with Gasteiger partial charge in [0.2, 0.25) is 0 Å². The average molecular weight is 264 g/mol. The van der Waals surface area contributed by atoms with Crippen molar-refractivity contribution in [2.45, 2.75) is 38.3 Å². The third-order valence-corrected chi connectivity index (χ3v) is 4.31. The van der Waals surface area contributed by atoms with Crippen molar-refractivity contribution in [3.8, 4) is 0 Å². The summed E-state index contributed by atoms with van der Waals surface area (Å²) in [6.45, 7) is 1.24. The maximum Gasteiger partial charge on any atom is 0.359 e. The zero-order chi connectivity index (χ0) is 13.2. The maximum absolute atomic E-state index is 12.0. The summed E-state index contributed by atoms with van der Waals surface area (Å²) < 4.78 is 12.3. The third-order valence-electron chi connectivity index (χ3n) is 4.31. The van der Waals surface area contributed by atoms with E-state index in [-0.39, 0.29) is 12.1 Å². The van der Waals surface area contributed by atoms with Gasteiger partial charge in [-0.2, -0.15) is 5.10 Å². The highest BCUT2D eigenvalue weighted by Crippen LogP contribution is 2.45. The Morgan fingerprint density at radius 2 is 2.37 bits per heavy atom. The number of esters is 1. The highest BCUT2D eigenvalue weighted by atomic mass is 16.5. The molecule has 2 bridgehead atoms. The standard InChI is InChI=1S/C14H20N2O3/c1-18-7-6-16-5-4-12(15-16)14(17)19-13-9-10-2-3-11(13)8-10/h4-5,10-11,13H,2-3,6-9H2,1H3. The van der Waals surface area contributed by atoms with Gasteiger partial charge in [-0.15, -0.1) is 0 Å². The fourth-order valence-electron chi connectivity index (χ4n) is 3.31. The van der Waals surface area contributed by atoms with E-state index in [0.717, 1.165) is 12.3 Å². The second-order valence-electron chi connectivity index (χ2n) is 5.58. The molecule has 2 aliphatic rings. The topological polar surface area (TPSA) is 53.4 Å². The van der Waals surface area contributed by atoms with Crippen molar-refractivity contribution >= 4 is 5.97 Å². The third kappa shape index (κ3) is 2.66. The van der Waals surface area contributed by atoms with E-state index in [1.807, 2.05) is 0 Å². The van der Waals surface area contributed by atoms with E-state index in [0.29, 0.717) is 24.8 Å². The van der Waals surface area contributed by atoms with Crippen LogP contribution in [0.1, 0.15) is 36.2 Å². The Kier molecular flexibility index (Phi) is 3.55. The zero-order valence-electron chi connectivity index (χ0n) is 11.2. The van der Waals surface area contributed by atoms with Crippen molar-refractivity contribution in [1.82, 2.24) is 9.78 Å². The second kappa shape index (κ2) is 5.33. The van der Waals surface area contributed by atoms with E-state index in [1.165, 1.54) is 19.3 Å². The lowest BCUT2D eigenvalue weighted by Gasteiger charge is -2.21. The molecule has 0 radical (unpaired) electrons. The molecule has 2 saturated carbocycles. The molecule has 19 heavy (non-hydrogen) atoms. The van der Waals surface area contributed by atoms with Gasteiger partial charge in [-0.25, -0.2) is 4.79 Å². The molecule has 3 rings (SSSR count). The SMILES string of the molecule is COCCn1ccc(C(=O)OC2CC3CCC2C3)n1. The normalized spacial score (nSPS) is 28.8. The van der Waals surface area contributed by atoms with E-state index in [1.54, 1.807) is 24.1 Å². The maximum atomic E-state index is 12.0. The smallest absolute Gasteiger partial charge is 0.359 e. The van der Waals surface area contributed by atoms with Crippen molar-refractivity contribution in [2.24, 2.45) is 11.8 Å². The number of hydrogen-bond acceptors (Lipinski definition) is 4. The summed E-state index contributed by atoms with van der Waals surface area (Å²) in [7, 11) is 1.65. The molecule has 0 aliphatic heterocycles. The summed E-state index contributed by atoms with van der Waals surface area (Å²) in [5.74, 6) is 1.08. The first-order valence-electron chi connectivity index (χ1n) is 6.99. The number of carbonyl (C=O) groups excluding carboxylic acids is 1. The summed E-state index contributed by atoms with van der Waals surface area (Å²) >= 11 is 0. The fraction of sp³-hybridized carbons (Fsp3) is 0.714. The zero-order valence-corrected chi connectivity index (χ0v) is 11.2. The molecule has 2 fully saturated rings. The minimum absolute atomic E-state index is 0.121. The lowest BCUT2D eigenvalue weighted by Crippen LogP contribution is -2.24. The Morgan fingerprint density at radius 3 is 3.05 bits per heavy atom. The summed E-state index contributed by atoms with van der Waals surface area (Å²) in [5.41, 5.74) is 0.402. The molecule has 5 nitrogen and oxygen atoms in total. The molecule has 0 aromatic carbocycles. The van der Waals surface area contributed by atoms with Gasteiger partial charge in [0, 0.05) is 13.3 Å². The largest absolute Gasteiger partial charge is 0.457 e. The van der Waals surface area contributed by atoms with E-state index < -0.39 is 0 Å². The van der Waals surface area contributed by atoms with E-state index in [4.69, 9.17) is 9.47 Å². The second-order valence-corrected chi connectivity index (χ2v) is 5.58. The quantitative estimate of drug-likeness (QED) is 0.762. The number of ether oxygens (including phenoxy) is 2. The van der Waals surface area contributed by atoms with Crippen LogP contribution in [0.4, 0.5) is 0 Å². The van der Waals surface area contributed by atoms with Crippen LogP contribution in [0.25, 0.3) is 0 Å². The lowest BCUT2D eigenvalue weighted by atomic mass is 9.98. The molecule has 104 valence electrons. The molecule has 3 unspecified atom stereocenters. The molecule has 1 aromatic rings. The number of carbonyl (C=O) groups is 1. The number of methoxy groups -OCH3 is 1. The monoisotopic (exact) mass is 264 g/mol. The first-order valence-corrected chi connectivity index (χ1v) is 6.99. The first kappa shape index (κ1) is 12.7. The van der Waals surface area contributed by atoms with Crippen LogP contribution in [-0.4, -0.2) is 35.6 Å². The van der Waals surface area contributed by atoms with Crippen LogP contribution in [0.15, 0.2) is 12.3 Å². The minimum atomic E-state index is -0.284. The predicted octanol–water partition coefficient (Wildman–Crippen LogP) is 1.87. The molecular weight excluding hydrogens is 244 g/mol. The highest BCUT2D eigenvalue weighted by Gasteiger charge is 2.41. The summed E-state index contributed by atoms with van der Waals surface area (Å²) in [5, 5.41) is 4.21. The van der Waals surface area contributed by atoms with Crippen LogP contribution in [0.2, 0.25) is 0 Å². The number of hydrogen-bond donors (Lipinski definition) is 0. The van der Waals surface area contributed by atoms with Crippen molar-refractivity contribution in [1.29, 1.82) is 0 Å². The van der Waals surface area contributed by atoms with Crippen LogP contribution in [0, 0.1) is 11.8 Å². The fourth-order valence-corrected chi connectivity index (χ4v) is 3.31. The molecule has 0 saturated heterocycles. The molecule has 5 heteroatoms. The number of nitrogens with zero attached hydrogens (tertiary/aromatic N) is 2. The molecule has 0 N–H and O–H groups in total. The van der Waals surface area contributed by atoms with E-state index in [2.05, 4.69) is 5.10 Å². The van der Waals surface area contributed by atoms with Gasteiger partial charge in [0.05, 0.1) is 13.2 Å². The van der Waals surface area contributed by atoms with Crippen molar-refractivity contribution in [3.05, 3.63) is 18.0 Å². The van der Waals surface area contributed by atoms with Crippen LogP contribution >= 0.6 is 0 Å². The minimum Gasteiger partial charge on any atom is -0.457 e. The van der Waals surface area contributed by atoms with Crippen LogP contribution in [-0.2, 0) is 16.0 Å². The lowest BCUT2D eigenvalue weighted by molar-refractivity contribution is 0.0151. The first-order chi connectivity index (χ1) is 9.26. The van der Waals surface area contributed by atoms with Gasteiger partial charge < -0.3 is 9.47 Å². The molecule has 0 spiro atoms. The molecule has 2 aliphatic carbocycles. The van der Waals surface area contributed by atoms with Gasteiger partial charge in [-0.05, 0) is 43.6 Å². The summed E-state index contributed by atoms with van der Waals surface area (Å²) in [4.78, 5) is 12.0. The van der Waals surface area contributed by atoms with Gasteiger partial charge in [-0.1, -0.05) is 0 Å². The summed E-state index contributed by atoms with van der Waals surface area (Å²) in [6, 6.07) is 1.71. The van der Waals surface area contributed by atoms with Crippen LogP contribution < -0.4 is 0 Å². The Morgan fingerprint density at radius 1 is 1.47 bits per heavy atom. The van der Waals surface area contributed by atoms with Gasteiger partial charge >= 0.3 is 5.97 Å². The number of rotatable bonds is 5. The van der Waals surface area contributed by atoms with Crippen molar-refractivity contribution < 1.29 is 14.3 Å². The van der Waals surface area contributed by atoms with E-state index in [9.17, 15) is 4.79 Å². The van der Waals surface area contributed by atoms with E-state index >= 15 is 0 Å². The predicted molar refractivity (Wildman–Crippen MR) is 68.8 cm³/mol. The van der Waals surface area contributed by atoms with Crippen molar-refractivity contribution in [2.75, 3.05) is 13.7 Å². The molecule has 0 amide bonds. The van der Waals surface area contributed by atoms with Crippen LogP contribution in [0.5, 0.6) is 0 Å².